The molecule has 0 amide bonds. The van der Waals surface area contributed by atoms with Crippen LogP contribution >= 0.6 is 0 Å². The summed E-state index contributed by atoms with van der Waals surface area (Å²) in [4.78, 5) is 0. The monoisotopic (exact) mass is 267 g/mol. The largest absolute Gasteiger partial charge is 0.324 e. The Balaban J connectivity index is 2.73. The number of benzene rings is 2. The zero-order valence-corrected chi connectivity index (χ0v) is 13.5. The fraction of sp³-hybridized carbons (Fsp3) is 0.368. The predicted octanol–water partition coefficient (Wildman–Crippen LogP) is 4.92. The van der Waals surface area contributed by atoms with Crippen molar-refractivity contribution in [2.75, 3.05) is 0 Å². The average molecular weight is 267 g/mol. The lowest BCUT2D eigenvalue weighted by molar-refractivity contribution is 0.818. The van der Waals surface area contributed by atoms with Crippen LogP contribution in [0.3, 0.4) is 0 Å². The van der Waals surface area contributed by atoms with E-state index in [9.17, 15) is 0 Å². The Labute approximate surface area is 122 Å². The van der Waals surface area contributed by atoms with Crippen LogP contribution in [0.5, 0.6) is 0 Å². The lowest BCUT2D eigenvalue weighted by atomic mass is 9.85. The first kappa shape index (κ1) is 14.8. The summed E-state index contributed by atoms with van der Waals surface area (Å²) < 4.78 is 0. The second-order valence-electron chi connectivity index (χ2n) is 5.91. The quantitative estimate of drug-likeness (QED) is 0.821. The van der Waals surface area contributed by atoms with Gasteiger partial charge in [0.2, 0.25) is 0 Å². The lowest BCUT2D eigenvalue weighted by Crippen LogP contribution is -2.05. The minimum absolute atomic E-state index is 0.0724. The second-order valence-corrected chi connectivity index (χ2v) is 5.91. The highest BCUT2D eigenvalue weighted by Gasteiger charge is 2.14. The van der Waals surface area contributed by atoms with Crippen LogP contribution in [0.15, 0.2) is 24.3 Å². The van der Waals surface area contributed by atoms with E-state index < -0.39 is 0 Å². The first-order valence-electron chi connectivity index (χ1n) is 7.27. The van der Waals surface area contributed by atoms with Gasteiger partial charge in [0, 0.05) is 6.04 Å². The fourth-order valence-electron chi connectivity index (χ4n) is 2.91. The van der Waals surface area contributed by atoms with Crippen LogP contribution in [0, 0.1) is 34.6 Å². The van der Waals surface area contributed by atoms with Crippen LogP contribution < -0.4 is 5.73 Å². The number of nitrogens with two attached hydrogens (primary N) is 1. The van der Waals surface area contributed by atoms with Crippen LogP contribution in [0.25, 0.3) is 11.1 Å². The maximum Gasteiger partial charge on any atom is 0.0266 e. The molecule has 2 rings (SSSR count). The van der Waals surface area contributed by atoms with Gasteiger partial charge in [-0.05, 0) is 92.1 Å². The minimum Gasteiger partial charge on any atom is -0.324 e. The summed E-state index contributed by atoms with van der Waals surface area (Å²) in [6.45, 7) is 13.1. The third-order valence-corrected chi connectivity index (χ3v) is 4.70. The number of hydrogen-bond acceptors (Lipinski definition) is 1. The van der Waals surface area contributed by atoms with Crippen LogP contribution in [0.2, 0.25) is 0 Å². The first-order valence-corrected chi connectivity index (χ1v) is 7.27. The maximum atomic E-state index is 6.02. The van der Waals surface area contributed by atoms with Crippen molar-refractivity contribution in [3.63, 3.8) is 0 Å². The normalized spacial score (nSPS) is 12.6. The van der Waals surface area contributed by atoms with Crippen molar-refractivity contribution in [2.45, 2.75) is 47.6 Å². The van der Waals surface area contributed by atoms with Gasteiger partial charge in [-0.3, -0.25) is 0 Å². The highest BCUT2D eigenvalue weighted by Crippen LogP contribution is 2.34. The number of hydrogen-bond donors (Lipinski definition) is 1. The molecule has 0 aliphatic heterocycles. The Morgan fingerprint density at radius 1 is 0.800 bits per heavy atom. The molecule has 1 unspecified atom stereocenters. The molecule has 0 bridgehead atoms. The van der Waals surface area contributed by atoms with E-state index in [1.54, 1.807) is 0 Å². The van der Waals surface area contributed by atoms with Crippen molar-refractivity contribution in [1.82, 2.24) is 0 Å². The SMILES string of the molecule is Cc1c(C)c(C)c(-c2cccc(C(C)N)c2)c(C)c1C. The van der Waals surface area contributed by atoms with Gasteiger partial charge in [0.15, 0.2) is 0 Å². The van der Waals surface area contributed by atoms with Crippen LogP contribution in [0.4, 0.5) is 0 Å². The van der Waals surface area contributed by atoms with E-state index in [0.29, 0.717) is 0 Å². The van der Waals surface area contributed by atoms with Gasteiger partial charge in [0.1, 0.15) is 0 Å². The second kappa shape index (κ2) is 5.41. The topological polar surface area (TPSA) is 26.0 Å². The highest BCUT2D eigenvalue weighted by atomic mass is 14.6. The standard InChI is InChI=1S/C19H25N/c1-11-12(2)14(4)19(15(5)13(11)3)18-9-7-8-17(10-18)16(6)20/h7-10,16H,20H2,1-6H3. The maximum absolute atomic E-state index is 6.02. The third kappa shape index (κ3) is 2.38. The van der Waals surface area contributed by atoms with E-state index in [0.717, 1.165) is 0 Å². The Bertz CT molecular complexity index is 622. The van der Waals surface area contributed by atoms with Crippen molar-refractivity contribution in [3.8, 4) is 11.1 Å². The molecular formula is C19H25N. The van der Waals surface area contributed by atoms with Crippen molar-refractivity contribution in [2.24, 2.45) is 5.73 Å². The van der Waals surface area contributed by atoms with E-state index in [4.69, 9.17) is 5.73 Å². The molecule has 0 radical (unpaired) electrons. The zero-order valence-electron chi connectivity index (χ0n) is 13.5. The molecular weight excluding hydrogens is 242 g/mol. The molecule has 0 saturated carbocycles. The summed E-state index contributed by atoms with van der Waals surface area (Å²) in [5, 5.41) is 0. The fourth-order valence-corrected chi connectivity index (χ4v) is 2.91. The first-order chi connectivity index (χ1) is 9.34. The molecule has 1 atom stereocenters. The van der Waals surface area contributed by atoms with E-state index in [1.165, 1.54) is 44.5 Å². The van der Waals surface area contributed by atoms with E-state index in [-0.39, 0.29) is 6.04 Å². The van der Waals surface area contributed by atoms with Crippen molar-refractivity contribution in [3.05, 3.63) is 57.6 Å². The molecule has 20 heavy (non-hydrogen) atoms. The Kier molecular flexibility index (Phi) is 4.01. The smallest absolute Gasteiger partial charge is 0.0266 e. The molecule has 2 N–H and O–H groups in total. The summed E-state index contributed by atoms with van der Waals surface area (Å²) in [7, 11) is 0. The Morgan fingerprint density at radius 2 is 1.30 bits per heavy atom. The van der Waals surface area contributed by atoms with Gasteiger partial charge in [-0.2, -0.15) is 0 Å². The van der Waals surface area contributed by atoms with Gasteiger partial charge in [0.05, 0.1) is 0 Å². The molecule has 2 aromatic rings. The Morgan fingerprint density at radius 3 is 1.80 bits per heavy atom. The zero-order chi connectivity index (χ0) is 15.0. The van der Waals surface area contributed by atoms with Gasteiger partial charge in [-0.25, -0.2) is 0 Å². The molecule has 0 heterocycles. The van der Waals surface area contributed by atoms with Crippen LogP contribution in [-0.4, -0.2) is 0 Å². The summed E-state index contributed by atoms with van der Waals surface area (Å²) in [6, 6.07) is 8.71. The van der Waals surface area contributed by atoms with Crippen molar-refractivity contribution < 1.29 is 0 Å². The molecule has 0 spiro atoms. The van der Waals surface area contributed by atoms with E-state index in [1.807, 2.05) is 6.92 Å². The summed E-state index contributed by atoms with van der Waals surface area (Å²) >= 11 is 0. The van der Waals surface area contributed by atoms with Crippen LogP contribution in [-0.2, 0) is 0 Å². The van der Waals surface area contributed by atoms with E-state index in [2.05, 4.69) is 58.9 Å². The minimum atomic E-state index is 0.0724. The van der Waals surface area contributed by atoms with Gasteiger partial charge >= 0.3 is 0 Å². The molecule has 0 aliphatic carbocycles. The molecule has 1 heteroatoms. The van der Waals surface area contributed by atoms with Crippen LogP contribution in [0.1, 0.15) is 46.3 Å². The van der Waals surface area contributed by atoms with Gasteiger partial charge in [-0.1, -0.05) is 18.2 Å². The van der Waals surface area contributed by atoms with Gasteiger partial charge < -0.3 is 5.73 Å². The highest BCUT2D eigenvalue weighted by molar-refractivity contribution is 5.75. The van der Waals surface area contributed by atoms with E-state index >= 15 is 0 Å². The third-order valence-electron chi connectivity index (χ3n) is 4.70. The van der Waals surface area contributed by atoms with Gasteiger partial charge in [-0.15, -0.1) is 0 Å². The number of rotatable bonds is 2. The molecule has 106 valence electrons. The summed E-state index contributed by atoms with van der Waals surface area (Å²) in [5.74, 6) is 0. The van der Waals surface area contributed by atoms with Gasteiger partial charge in [0.25, 0.3) is 0 Å². The Hall–Kier alpha value is -1.60. The molecule has 1 nitrogen and oxygen atoms in total. The molecule has 0 fully saturated rings. The predicted molar refractivity (Wildman–Crippen MR) is 88.2 cm³/mol. The van der Waals surface area contributed by atoms with Crippen molar-refractivity contribution in [1.29, 1.82) is 0 Å². The summed E-state index contributed by atoms with van der Waals surface area (Å²) in [5.41, 5.74) is 16.8. The average Bonchev–Trinajstić information content (AvgIpc) is 2.43. The lowest BCUT2D eigenvalue weighted by Gasteiger charge is -2.19. The molecule has 0 aliphatic rings. The molecule has 2 aromatic carbocycles. The van der Waals surface area contributed by atoms with Crippen molar-refractivity contribution >= 4 is 0 Å². The molecule has 0 aromatic heterocycles. The molecule has 0 saturated heterocycles. The summed E-state index contributed by atoms with van der Waals surface area (Å²) in [6.07, 6.45) is 0.